The zero-order chi connectivity index (χ0) is 14.8. The molecule has 5 heteroatoms. The predicted octanol–water partition coefficient (Wildman–Crippen LogP) is 1.61. The van der Waals surface area contributed by atoms with E-state index in [2.05, 4.69) is 0 Å². The molecule has 0 bridgehead atoms. The standard InChI is InChI=1S/C16H14O5/c17-9-1-2-10-14(4-9)21-7-16(20)6-8-3-12(18)13(19)5-11(8)15(10)16/h1-5,15,17-20H,6-7H2. The van der Waals surface area contributed by atoms with Crippen LogP contribution in [0.5, 0.6) is 23.0 Å². The van der Waals surface area contributed by atoms with Gasteiger partial charge in [-0.1, -0.05) is 6.07 Å². The average Bonchev–Trinajstić information content (AvgIpc) is 2.71. The van der Waals surface area contributed by atoms with Crippen molar-refractivity contribution in [2.75, 3.05) is 6.61 Å². The second-order valence-corrected chi connectivity index (χ2v) is 5.76. The molecule has 5 nitrogen and oxygen atoms in total. The highest BCUT2D eigenvalue weighted by atomic mass is 16.5. The molecule has 0 saturated carbocycles. The summed E-state index contributed by atoms with van der Waals surface area (Å²) in [6.07, 6.45) is 0.348. The third-order valence-corrected chi connectivity index (χ3v) is 4.37. The van der Waals surface area contributed by atoms with Gasteiger partial charge in [0, 0.05) is 24.0 Å². The van der Waals surface area contributed by atoms with Gasteiger partial charge in [-0.25, -0.2) is 0 Å². The van der Waals surface area contributed by atoms with Gasteiger partial charge in [0.25, 0.3) is 0 Å². The molecule has 21 heavy (non-hydrogen) atoms. The number of hydrogen-bond acceptors (Lipinski definition) is 5. The van der Waals surface area contributed by atoms with Crippen molar-refractivity contribution in [1.29, 1.82) is 0 Å². The molecule has 2 atom stereocenters. The van der Waals surface area contributed by atoms with Crippen LogP contribution >= 0.6 is 0 Å². The van der Waals surface area contributed by atoms with E-state index in [0.717, 1.165) is 16.7 Å². The lowest BCUT2D eigenvalue weighted by Gasteiger charge is -2.36. The number of ether oxygens (including phenoxy) is 1. The number of phenols is 3. The molecule has 0 fully saturated rings. The van der Waals surface area contributed by atoms with Crippen molar-refractivity contribution < 1.29 is 25.2 Å². The van der Waals surface area contributed by atoms with Crippen molar-refractivity contribution >= 4 is 0 Å². The second-order valence-electron chi connectivity index (χ2n) is 5.76. The van der Waals surface area contributed by atoms with Crippen molar-refractivity contribution in [2.24, 2.45) is 0 Å². The topological polar surface area (TPSA) is 90.2 Å². The summed E-state index contributed by atoms with van der Waals surface area (Å²) in [7, 11) is 0. The van der Waals surface area contributed by atoms with Crippen LogP contribution in [0.2, 0.25) is 0 Å². The maximum absolute atomic E-state index is 10.9. The lowest BCUT2D eigenvalue weighted by atomic mass is 9.80. The van der Waals surface area contributed by atoms with Gasteiger partial charge in [-0.3, -0.25) is 0 Å². The Hall–Kier alpha value is -2.40. The molecule has 2 aromatic rings. The Morgan fingerprint density at radius 2 is 1.76 bits per heavy atom. The van der Waals surface area contributed by atoms with Crippen LogP contribution in [-0.2, 0) is 6.42 Å². The van der Waals surface area contributed by atoms with Gasteiger partial charge in [-0.15, -0.1) is 0 Å². The molecule has 0 aromatic heterocycles. The molecule has 0 spiro atoms. The third-order valence-electron chi connectivity index (χ3n) is 4.37. The highest BCUT2D eigenvalue weighted by Crippen LogP contribution is 2.52. The molecule has 0 radical (unpaired) electrons. The fraction of sp³-hybridized carbons (Fsp3) is 0.250. The number of phenolic OH excluding ortho intramolecular Hbond substituents is 3. The van der Waals surface area contributed by atoms with Crippen molar-refractivity contribution in [3.8, 4) is 23.0 Å². The Balaban J connectivity index is 1.95. The van der Waals surface area contributed by atoms with Gasteiger partial charge in [-0.05, 0) is 29.3 Å². The molecule has 4 N–H and O–H groups in total. The Labute approximate surface area is 120 Å². The zero-order valence-electron chi connectivity index (χ0n) is 11.1. The first kappa shape index (κ1) is 12.3. The van der Waals surface area contributed by atoms with E-state index in [1.807, 2.05) is 0 Å². The summed E-state index contributed by atoms with van der Waals surface area (Å²) in [6.45, 7) is 0.102. The quantitative estimate of drug-likeness (QED) is 0.552. The Morgan fingerprint density at radius 1 is 1.00 bits per heavy atom. The van der Waals surface area contributed by atoms with Gasteiger partial charge in [0.1, 0.15) is 23.7 Å². The molecular formula is C16H14O5. The van der Waals surface area contributed by atoms with E-state index in [0.29, 0.717) is 12.2 Å². The fourth-order valence-electron chi connectivity index (χ4n) is 3.46. The maximum atomic E-state index is 10.9. The summed E-state index contributed by atoms with van der Waals surface area (Å²) in [5, 5.41) is 39.8. The average molecular weight is 286 g/mol. The second kappa shape index (κ2) is 3.83. The van der Waals surface area contributed by atoms with Crippen LogP contribution in [0.25, 0.3) is 0 Å². The monoisotopic (exact) mass is 286 g/mol. The van der Waals surface area contributed by atoms with E-state index in [9.17, 15) is 20.4 Å². The first-order chi connectivity index (χ1) is 9.98. The molecule has 4 rings (SSSR count). The lowest BCUT2D eigenvalue weighted by molar-refractivity contribution is -0.0218. The van der Waals surface area contributed by atoms with Crippen LogP contribution in [0.4, 0.5) is 0 Å². The third kappa shape index (κ3) is 1.61. The minimum absolute atomic E-state index is 0.102. The lowest BCUT2D eigenvalue weighted by Crippen LogP contribution is -2.43. The van der Waals surface area contributed by atoms with Crippen molar-refractivity contribution in [3.05, 3.63) is 47.0 Å². The molecule has 2 aliphatic rings. The molecular weight excluding hydrogens is 272 g/mol. The minimum atomic E-state index is -1.10. The normalized spacial score (nSPS) is 25.7. The Kier molecular flexibility index (Phi) is 2.25. The molecule has 0 amide bonds. The molecule has 2 aromatic carbocycles. The number of aromatic hydroxyl groups is 3. The van der Waals surface area contributed by atoms with Crippen LogP contribution in [0.3, 0.4) is 0 Å². The number of fused-ring (bicyclic) bond motifs is 5. The van der Waals surface area contributed by atoms with Gasteiger partial charge in [-0.2, -0.15) is 0 Å². The van der Waals surface area contributed by atoms with Gasteiger partial charge < -0.3 is 25.2 Å². The van der Waals surface area contributed by atoms with E-state index in [1.165, 1.54) is 18.2 Å². The van der Waals surface area contributed by atoms with Crippen LogP contribution in [0.1, 0.15) is 22.6 Å². The van der Waals surface area contributed by atoms with Gasteiger partial charge in [0.15, 0.2) is 11.5 Å². The van der Waals surface area contributed by atoms with Crippen LogP contribution in [0, 0.1) is 0 Å². The summed E-state index contributed by atoms with van der Waals surface area (Å²) in [6, 6.07) is 7.77. The molecule has 108 valence electrons. The maximum Gasteiger partial charge on any atom is 0.157 e. The summed E-state index contributed by atoms with van der Waals surface area (Å²) < 4.78 is 5.58. The van der Waals surface area contributed by atoms with E-state index >= 15 is 0 Å². The minimum Gasteiger partial charge on any atom is -0.508 e. The summed E-state index contributed by atoms with van der Waals surface area (Å²) in [4.78, 5) is 0. The summed E-state index contributed by atoms with van der Waals surface area (Å²) in [5.41, 5.74) is 1.24. The van der Waals surface area contributed by atoms with Gasteiger partial charge >= 0.3 is 0 Å². The van der Waals surface area contributed by atoms with Gasteiger partial charge in [0.2, 0.25) is 0 Å². The van der Waals surface area contributed by atoms with Crippen LogP contribution in [-0.4, -0.2) is 32.6 Å². The zero-order valence-corrected chi connectivity index (χ0v) is 11.1. The molecule has 0 saturated heterocycles. The molecule has 1 heterocycles. The van der Waals surface area contributed by atoms with Gasteiger partial charge in [0.05, 0.1) is 0 Å². The SMILES string of the molecule is Oc1ccc2c(c1)OCC1(O)Cc3cc(O)c(O)cc3C21. The first-order valence-corrected chi connectivity index (χ1v) is 6.71. The summed E-state index contributed by atoms with van der Waals surface area (Å²) >= 11 is 0. The van der Waals surface area contributed by atoms with Crippen molar-refractivity contribution in [1.82, 2.24) is 0 Å². The number of aliphatic hydroxyl groups is 1. The first-order valence-electron chi connectivity index (χ1n) is 6.71. The Morgan fingerprint density at radius 3 is 2.57 bits per heavy atom. The number of benzene rings is 2. The van der Waals surface area contributed by atoms with E-state index < -0.39 is 5.60 Å². The molecule has 2 unspecified atom stereocenters. The van der Waals surface area contributed by atoms with Crippen LogP contribution < -0.4 is 4.74 Å². The largest absolute Gasteiger partial charge is 0.508 e. The highest BCUT2D eigenvalue weighted by molar-refractivity contribution is 5.58. The predicted molar refractivity (Wildman–Crippen MR) is 73.9 cm³/mol. The van der Waals surface area contributed by atoms with Crippen molar-refractivity contribution in [3.63, 3.8) is 0 Å². The molecule has 1 aliphatic carbocycles. The summed E-state index contributed by atoms with van der Waals surface area (Å²) in [5.74, 6) is -0.105. The van der Waals surface area contributed by atoms with E-state index in [1.54, 1.807) is 12.1 Å². The Bertz CT molecular complexity index is 755. The van der Waals surface area contributed by atoms with Crippen LogP contribution in [0.15, 0.2) is 30.3 Å². The van der Waals surface area contributed by atoms with Crippen molar-refractivity contribution in [2.45, 2.75) is 17.9 Å². The van der Waals surface area contributed by atoms with E-state index in [-0.39, 0.29) is 29.8 Å². The highest BCUT2D eigenvalue weighted by Gasteiger charge is 2.50. The molecule has 1 aliphatic heterocycles. The smallest absolute Gasteiger partial charge is 0.157 e. The number of rotatable bonds is 0. The van der Waals surface area contributed by atoms with E-state index in [4.69, 9.17) is 4.74 Å². The number of hydrogen-bond donors (Lipinski definition) is 4. The fourth-order valence-corrected chi connectivity index (χ4v) is 3.46.